The third-order valence-electron chi connectivity index (χ3n) is 4.65. The van der Waals surface area contributed by atoms with Gasteiger partial charge >= 0.3 is 0 Å². The summed E-state index contributed by atoms with van der Waals surface area (Å²) in [6, 6.07) is 15.1. The number of benzene rings is 2. The van der Waals surface area contributed by atoms with E-state index in [1.165, 1.54) is 0 Å². The highest BCUT2D eigenvalue weighted by atomic mass is 32.2. The molecular formula is C19H24N2O3S. The Kier molecular flexibility index (Phi) is 5.30. The summed E-state index contributed by atoms with van der Waals surface area (Å²) < 4.78 is 32.4. The van der Waals surface area contributed by atoms with Crippen LogP contribution < -0.4 is 9.64 Å². The van der Waals surface area contributed by atoms with Crippen molar-refractivity contribution in [3.05, 3.63) is 54.1 Å². The maximum absolute atomic E-state index is 12.8. The lowest BCUT2D eigenvalue weighted by atomic mass is 10.2. The summed E-state index contributed by atoms with van der Waals surface area (Å²) in [4.78, 5) is 2.58. The predicted molar refractivity (Wildman–Crippen MR) is 99.8 cm³/mol. The van der Waals surface area contributed by atoms with Crippen molar-refractivity contribution in [2.45, 2.75) is 18.2 Å². The van der Waals surface area contributed by atoms with Gasteiger partial charge in [-0.3, -0.25) is 0 Å². The van der Waals surface area contributed by atoms with Crippen LogP contribution in [0.2, 0.25) is 0 Å². The number of sulfonamides is 1. The van der Waals surface area contributed by atoms with Gasteiger partial charge in [-0.05, 0) is 48.4 Å². The average Bonchev–Trinajstić information content (AvgIpc) is 2.68. The summed E-state index contributed by atoms with van der Waals surface area (Å²) in [7, 11) is -1.77. The fraction of sp³-hybridized carbons (Fsp3) is 0.368. The second-order valence-corrected chi connectivity index (χ2v) is 8.02. The summed E-state index contributed by atoms with van der Waals surface area (Å²) in [6.07, 6.45) is 0.904. The first-order valence-electron chi connectivity index (χ1n) is 8.52. The smallest absolute Gasteiger partial charge is 0.243 e. The summed E-state index contributed by atoms with van der Waals surface area (Å²) in [5, 5.41) is 0. The van der Waals surface area contributed by atoms with E-state index in [9.17, 15) is 8.42 Å². The number of methoxy groups -OCH3 is 1. The molecule has 0 spiro atoms. The van der Waals surface area contributed by atoms with Gasteiger partial charge < -0.3 is 9.64 Å². The zero-order valence-corrected chi connectivity index (χ0v) is 15.5. The van der Waals surface area contributed by atoms with Crippen LogP contribution in [0.3, 0.4) is 0 Å². The quantitative estimate of drug-likeness (QED) is 0.823. The Bertz CT molecular complexity index is 794. The zero-order chi connectivity index (χ0) is 17.9. The zero-order valence-electron chi connectivity index (χ0n) is 14.7. The van der Waals surface area contributed by atoms with Gasteiger partial charge in [0.05, 0.1) is 12.0 Å². The molecule has 0 unspecified atom stereocenters. The average molecular weight is 360 g/mol. The van der Waals surface area contributed by atoms with E-state index < -0.39 is 10.0 Å². The summed E-state index contributed by atoms with van der Waals surface area (Å²) in [5.74, 6) is 0.820. The predicted octanol–water partition coefficient (Wildman–Crippen LogP) is 2.77. The summed E-state index contributed by atoms with van der Waals surface area (Å²) in [5.41, 5.74) is 2.23. The lowest BCUT2D eigenvalue weighted by Gasteiger charge is -2.35. The van der Waals surface area contributed by atoms with Crippen molar-refractivity contribution in [2.75, 3.05) is 38.2 Å². The van der Waals surface area contributed by atoms with Crippen molar-refractivity contribution in [3.8, 4) is 5.75 Å². The first kappa shape index (κ1) is 17.8. The minimum absolute atomic E-state index is 0.377. The lowest BCUT2D eigenvalue weighted by Crippen LogP contribution is -2.48. The van der Waals surface area contributed by atoms with Crippen molar-refractivity contribution >= 4 is 15.7 Å². The molecule has 1 aliphatic heterocycles. The van der Waals surface area contributed by atoms with Crippen molar-refractivity contribution in [1.82, 2.24) is 4.31 Å². The van der Waals surface area contributed by atoms with E-state index in [1.807, 2.05) is 36.4 Å². The molecule has 0 radical (unpaired) electrons. The maximum atomic E-state index is 12.8. The van der Waals surface area contributed by atoms with E-state index >= 15 is 0 Å². The SMILES string of the molecule is CCc1ccc(S(=O)(=O)N2CCN(c3ccc(OC)cc3)CC2)cc1. The molecule has 0 atom stereocenters. The van der Waals surface area contributed by atoms with Crippen molar-refractivity contribution in [3.63, 3.8) is 0 Å². The number of ether oxygens (including phenoxy) is 1. The molecule has 3 rings (SSSR count). The Hall–Kier alpha value is -2.05. The third kappa shape index (κ3) is 3.80. The molecule has 0 bridgehead atoms. The Morgan fingerprint density at radius 2 is 1.52 bits per heavy atom. The van der Waals surface area contributed by atoms with E-state index in [2.05, 4.69) is 11.8 Å². The maximum Gasteiger partial charge on any atom is 0.243 e. The van der Waals surface area contributed by atoms with Gasteiger partial charge in [-0.15, -0.1) is 0 Å². The van der Waals surface area contributed by atoms with Gasteiger partial charge in [0, 0.05) is 31.9 Å². The van der Waals surface area contributed by atoms with Gasteiger partial charge in [0.2, 0.25) is 10.0 Å². The number of anilines is 1. The van der Waals surface area contributed by atoms with E-state index in [4.69, 9.17) is 4.74 Å². The van der Waals surface area contributed by atoms with Gasteiger partial charge in [0.25, 0.3) is 0 Å². The summed E-state index contributed by atoms with van der Waals surface area (Å²) in [6.45, 7) is 4.40. The molecule has 25 heavy (non-hydrogen) atoms. The normalized spacial score (nSPS) is 16.0. The van der Waals surface area contributed by atoms with Crippen LogP contribution in [0.4, 0.5) is 5.69 Å². The van der Waals surface area contributed by atoms with Crippen LogP contribution in [-0.4, -0.2) is 46.0 Å². The molecule has 5 nitrogen and oxygen atoms in total. The second-order valence-electron chi connectivity index (χ2n) is 6.09. The fourth-order valence-electron chi connectivity index (χ4n) is 3.03. The molecule has 1 heterocycles. The van der Waals surface area contributed by atoms with Crippen LogP contribution in [0.1, 0.15) is 12.5 Å². The molecule has 0 saturated carbocycles. The minimum atomic E-state index is -3.42. The molecule has 0 N–H and O–H groups in total. The molecule has 2 aromatic carbocycles. The van der Waals surface area contributed by atoms with Crippen LogP contribution in [0, 0.1) is 0 Å². The highest BCUT2D eigenvalue weighted by Crippen LogP contribution is 2.23. The Morgan fingerprint density at radius 3 is 2.04 bits per heavy atom. The molecule has 134 valence electrons. The van der Waals surface area contributed by atoms with Gasteiger partial charge in [0.15, 0.2) is 0 Å². The van der Waals surface area contributed by atoms with Gasteiger partial charge in [-0.2, -0.15) is 4.31 Å². The Morgan fingerprint density at radius 1 is 0.920 bits per heavy atom. The fourth-order valence-corrected chi connectivity index (χ4v) is 4.45. The molecule has 0 aromatic heterocycles. The number of aryl methyl sites for hydroxylation is 1. The number of piperazine rings is 1. The van der Waals surface area contributed by atoms with Crippen LogP contribution in [0.15, 0.2) is 53.4 Å². The first-order valence-corrected chi connectivity index (χ1v) is 9.96. The molecule has 6 heteroatoms. The second kappa shape index (κ2) is 7.45. The number of nitrogens with zero attached hydrogens (tertiary/aromatic N) is 2. The first-order chi connectivity index (χ1) is 12.0. The van der Waals surface area contributed by atoms with Crippen LogP contribution in [-0.2, 0) is 16.4 Å². The Labute approximate surface area is 149 Å². The molecule has 1 saturated heterocycles. The lowest BCUT2D eigenvalue weighted by molar-refractivity contribution is 0.384. The number of hydrogen-bond acceptors (Lipinski definition) is 4. The highest BCUT2D eigenvalue weighted by Gasteiger charge is 2.28. The largest absolute Gasteiger partial charge is 0.497 e. The molecule has 0 aliphatic carbocycles. The van der Waals surface area contributed by atoms with Crippen molar-refractivity contribution < 1.29 is 13.2 Å². The molecule has 2 aromatic rings. The van der Waals surface area contributed by atoms with E-state index in [-0.39, 0.29) is 0 Å². The van der Waals surface area contributed by atoms with Crippen molar-refractivity contribution in [2.24, 2.45) is 0 Å². The third-order valence-corrected chi connectivity index (χ3v) is 6.56. The minimum Gasteiger partial charge on any atom is -0.497 e. The summed E-state index contributed by atoms with van der Waals surface area (Å²) >= 11 is 0. The molecule has 1 fully saturated rings. The van der Waals surface area contributed by atoms with Crippen LogP contribution in [0.5, 0.6) is 5.75 Å². The van der Waals surface area contributed by atoms with Gasteiger partial charge in [0.1, 0.15) is 5.75 Å². The standard InChI is InChI=1S/C19H24N2O3S/c1-3-16-4-10-19(11-5-16)25(22,23)21-14-12-20(13-15-21)17-6-8-18(24-2)9-7-17/h4-11H,3,12-15H2,1-2H3. The Balaban J connectivity index is 1.67. The monoisotopic (exact) mass is 360 g/mol. The molecule has 1 aliphatic rings. The van der Waals surface area contributed by atoms with Crippen molar-refractivity contribution in [1.29, 1.82) is 0 Å². The van der Waals surface area contributed by atoms with E-state index in [1.54, 1.807) is 23.5 Å². The van der Waals surface area contributed by atoms with E-state index in [0.29, 0.717) is 31.1 Å². The van der Waals surface area contributed by atoms with Gasteiger partial charge in [-0.25, -0.2) is 8.42 Å². The van der Waals surface area contributed by atoms with Gasteiger partial charge in [-0.1, -0.05) is 19.1 Å². The molecular weight excluding hydrogens is 336 g/mol. The number of rotatable bonds is 5. The highest BCUT2D eigenvalue weighted by molar-refractivity contribution is 7.89. The van der Waals surface area contributed by atoms with E-state index in [0.717, 1.165) is 23.4 Å². The van der Waals surface area contributed by atoms with Crippen LogP contribution in [0.25, 0.3) is 0 Å². The number of hydrogen-bond donors (Lipinski definition) is 0. The molecule has 0 amide bonds. The van der Waals surface area contributed by atoms with Crippen LogP contribution >= 0.6 is 0 Å². The topological polar surface area (TPSA) is 49.9 Å².